The maximum atomic E-state index is 3.94. The zero-order valence-corrected chi connectivity index (χ0v) is 11.2. The summed E-state index contributed by atoms with van der Waals surface area (Å²) >= 11 is 0. The predicted octanol–water partition coefficient (Wildman–Crippen LogP) is 5.62. The lowest BCUT2D eigenvalue weighted by molar-refractivity contribution is 0.440. The lowest BCUT2D eigenvalue weighted by Crippen LogP contribution is -1.94. The highest BCUT2D eigenvalue weighted by Gasteiger charge is 2.01. The second kappa shape index (κ2) is 10.5. The molecule has 0 heteroatoms. The molecule has 0 nitrogen and oxygen atoms in total. The summed E-state index contributed by atoms with van der Waals surface area (Å²) in [6.45, 7) is 10.9. The van der Waals surface area contributed by atoms with Crippen LogP contribution in [0.15, 0.2) is 0 Å². The van der Waals surface area contributed by atoms with Gasteiger partial charge in [-0.2, -0.15) is 0 Å². The van der Waals surface area contributed by atoms with Gasteiger partial charge in [-0.05, 0) is 11.8 Å². The summed E-state index contributed by atoms with van der Waals surface area (Å²) in [5.41, 5.74) is 0. The zero-order valence-electron chi connectivity index (χ0n) is 11.2. The van der Waals surface area contributed by atoms with Gasteiger partial charge in [0.2, 0.25) is 0 Å². The van der Waals surface area contributed by atoms with Crippen LogP contribution in [-0.2, 0) is 0 Å². The molecule has 0 bridgehead atoms. The fourth-order valence-corrected chi connectivity index (χ4v) is 2.12. The molecule has 0 spiro atoms. The van der Waals surface area contributed by atoms with E-state index in [2.05, 4.69) is 27.7 Å². The molecule has 15 heavy (non-hydrogen) atoms. The van der Waals surface area contributed by atoms with Crippen LogP contribution >= 0.6 is 0 Å². The van der Waals surface area contributed by atoms with Crippen LogP contribution in [0.25, 0.3) is 0 Å². The average molecular weight is 211 g/mol. The average Bonchev–Trinajstić information content (AvgIpc) is 2.23. The van der Waals surface area contributed by atoms with Gasteiger partial charge in [-0.25, -0.2) is 0 Å². The highest BCUT2D eigenvalue weighted by molar-refractivity contribution is 4.56. The highest BCUT2D eigenvalue weighted by Crippen LogP contribution is 2.17. The van der Waals surface area contributed by atoms with Crippen LogP contribution in [0, 0.1) is 18.8 Å². The van der Waals surface area contributed by atoms with Gasteiger partial charge in [0, 0.05) is 0 Å². The molecular weight excluding hydrogens is 180 g/mol. The van der Waals surface area contributed by atoms with Crippen molar-refractivity contribution < 1.29 is 0 Å². The first-order valence-corrected chi connectivity index (χ1v) is 6.99. The van der Waals surface area contributed by atoms with Crippen molar-refractivity contribution in [3.8, 4) is 0 Å². The Kier molecular flexibility index (Phi) is 10.5. The van der Waals surface area contributed by atoms with Crippen LogP contribution < -0.4 is 0 Å². The molecule has 0 aliphatic rings. The summed E-state index contributed by atoms with van der Waals surface area (Å²) in [7, 11) is 0. The first kappa shape index (κ1) is 15.0. The number of hydrogen-bond acceptors (Lipinski definition) is 0. The molecule has 0 aromatic heterocycles. The lowest BCUT2D eigenvalue weighted by Gasteiger charge is -2.10. The van der Waals surface area contributed by atoms with Crippen LogP contribution in [0.5, 0.6) is 0 Å². The molecule has 0 aromatic rings. The van der Waals surface area contributed by atoms with Gasteiger partial charge >= 0.3 is 0 Å². The molecule has 0 N–H and O–H groups in total. The molecule has 0 saturated carbocycles. The van der Waals surface area contributed by atoms with Crippen LogP contribution in [0.1, 0.15) is 78.6 Å². The van der Waals surface area contributed by atoms with Gasteiger partial charge in [0.25, 0.3) is 0 Å². The first-order chi connectivity index (χ1) is 7.20. The van der Waals surface area contributed by atoms with Crippen LogP contribution in [0.4, 0.5) is 0 Å². The summed E-state index contributed by atoms with van der Waals surface area (Å²) in [6, 6.07) is 0. The van der Waals surface area contributed by atoms with Crippen molar-refractivity contribution in [3.05, 3.63) is 6.92 Å². The molecule has 0 amide bonds. The topological polar surface area (TPSA) is 0 Å². The third-order valence-electron chi connectivity index (χ3n) is 3.42. The minimum Gasteiger partial charge on any atom is -0.0654 e. The van der Waals surface area contributed by atoms with Gasteiger partial charge in [0.1, 0.15) is 0 Å². The summed E-state index contributed by atoms with van der Waals surface area (Å²) in [6.07, 6.45) is 12.4. The Balaban J connectivity index is 3.11. The normalized spacial score (nSPS) is 15.2. The molecule has 0 fully saturated rings. The molecule has 0 aliphatic carbocycles. The van der Waals surface area contributed by atoms with E-state index in [0.717, 1.165) is 18.3 Å². The summed E-state index contributed by atoms with van der Waals surface area (Å²) < 4.78 is 0. The Morgan fingerprint density at radius 3 is 1.80 bits per heavy atom. The number of unbranched alkanes of at least 4 members (excludes halogenated alkanes) is 3. The molecule has 0 aromatic carbocycles. The van der Waals surface area contributed by atoms with E-state index in [1.807, 2.05) is 0 Å². The SMILES string of the molecule is [CH2]CC(C)CCCCCCC(C)CCC. The van der Waals surface area contributed by atoms with Crippen molar-refractivity contribution in [1.29, 1.82) is 0 Å². The van der Waals surface area contributed by atoms with Gasteiger partial charge in [0.15, 0.2) is 0 Å². The van der Waals surface area contributed by atoms with E-state index in [9.17, 15) is 0 Å². The van der Waals surface area contributed by atoms with Crippen LogP contribution in [0.2, 0.25) is 0 Å². The van der Waals surface area contributed by atoms with Gasteiger partial charge in [-0.3, -0.25) is 0 Å². The fraction of sp³-hybridized carbons (Fsp3) is 0.933. The summed E-state index contributed by atoms with van der Waals surface area (Å²) in [4.78, 5) is 0. The van der Waals surface area contributed by atoms with Crippen LogP contribution in [0.3, 0.4) is 0 Å². The minimum absolute atomic E-state index is 0.837. The third kappa shape index (κ3) is 10.3. The van der Waals surface area contributed by atoms with Crippen molar-refractivity contribution in [2.75, 3.05) is 0 Å². The maximum absolute atomic E-state index is 3.94. The van der Waals surface area contributed by atoms with Crippen molar-refractivity contribution in [1.82, 2.24) is 0 Å². The van der Waals surface area contributed by atoms with Crippen molar-refractivity contribution in [3.63, 3.8) is 0 Å². The summed E-state index contributed by atoms with van der Waals surface area (Å²) in [5.74, 6) is 1.79. The number of rotatable bonds is 10. The number of hydrogen-bond donors (Lipinski definition) is 0. The smallest absolute Gasteiger partial charge is 0.0443 e. The highest BCUT2D eigenvalue weighted by atomic mass is 14.1. The van der Waals surface area contributed by atoms with E-state index in [4.69, 9.17) is 0 Å². The van der Waals surface area contributed by atoms with Crippen LogP contribution in [-0.4, -0.2) is 0 Å². The largest absolute Gasteiger partial charge is 0.0654 e. The zero-order chi connectivity index (χ0) is 11.5. The lowest BCUT2D eigenvalue weighted by atomic mass is 9.96. The van der Waals surface area contributed by atoms with Crippen molar-refractivity contribution in [2.45, 2.75) is 78.6 Å². The predicted molar refractivity (Wildman–Crippen MR) is 70.9 cm³/mol. The molecule has 1 radical (unpaired) electrons. The Labute approximate surface area is 97.8 Å². The van der Waals surface area contributed by atoms with E-state index in [1.54, 1.807) is 0 Å². The molecule has 2 unspecified atom stereocenters. The summed E-state index contributed by atoms with van der Waals surface area (Å²) in [5, 5.41) is 0. The van der Waals surface area contributed by atoms with E-state index >= 15 is 0 Å². The Hall–Kier alpha value is 0. The monoisotopic (exact) mass is 211 g/mol. The molecule has 0 rings (SSSR count). The first-order valence-electron chi connectivity index (χ1n) is 6.99. The molecule has 2 atom stereocenters. The second-order valence-electron chi connectivity index (χ2n) is 5.28. The van der Waals surface area contributed by atoms with E-state index in [-0.39, 0.29) is 0 Å². The van der Waals surface area contributed by atoms with E-state index < -0.39 is 0 Å². The quantitative estimate of drug-likeness (QED) is 0.411. The van der Waals surface area contributed by atoms with Gasteiger partial charge in [-0.15, -0.1) is 0 Å². The third-order valence-corrected chi connectivity index (χ3v) is 3.42. The van der Waals surface area contributed by atoms with E-state index in [1.165, 1.54) is 51.4 Å². The standard InChI is InChI=1S/C15H31/c1-5-11-15(4)13-10-8-7-9-12-14(3)6-2/h14-15H,2,5-13H2,1,3-4H3. The minimum atomic E-state index is 0.837. The Morgan fingerprint density at radius 1 is 0.800 bits per heavy atom. The maximum Gasteiger partial charge on any atom is -0.0443 e. The van der Waals surface area contributed by atoms with E-state index in [0.29, 0.717) is 0 Å². The fourth-order valence-electron chi connectivity index (χ4n) is 2.12. The second-order valence-corrected chi connectivity index (χ2v) is 5.28. The molecule has 0 saturated heterocycles. The molecule has 0 aliphatic heterocycles. The van der Waals surface area contributed by atoms with Gasteiger partial charge in [-0.1, -0.05) is 85.5 Å². The van der Waals surface area contributed by atoms with Crippen molar-refractivity contribution in [2.24, 2.45) is 11.8 Å². The van der Waals surface area contributed by atoms with Gasteiger partial charge in [0.05, 0.1) is 0 Å². The molecular formula is C15H31. The van der Waals surface area contributed by atoms with Crippen molar-refractivity contribution >= 4 is 0 Å². The Bertz CT molecular complexity index is 117. The molecule has 0 heterocycles. The van der Waals surface area contributed by atoms with Gasteiger partial charge < -0.3 is 0 Å². The molecule has 91 valence electrons. The Morgan fingerprint density at radius 2 is 1.33 bits per heavy atom.